The quantitative estimate of drug-likeness (QED) is 0.614. The van der Waals surface area contributed by atoms with Crippen molar-refractivity contribution in [2.24, 2.45) is 0 Å². The van der Waals surface area contributed by atoms with Crippen molar-refractivity contribution in [2.75, 3.05) is 0 Å². The molecule has 0 atom stereocenters. The zero-order valence-electron chi connectivity index (χ0n) is 8.15. The lowest BCUT2D eigenvalue weighted by atomic mass is 10.1. The van der Waals surface area contributed by atoms with Crippen LogP contribution in [0.25, 0.3) is 11.0 Å². The molecule has 2 aromatic heterocycles. The van der Waals surface area contributed by atoms with E-state index in [4.69, 9.17) is 0 Å². The summed E-state index contributed by atoms with van der Waals surface area (Å²) >= 11 is 0. The Morgan fingerprint density at radius 2 is 1.46 bits per heavy atom. The zero-order valence-corrected chi connectivity index (χ0v) is 8.15. The van der Waals surface area contributed by atoms with Gasteiger partial charge in [-0.15, -0.1) is 0 Å². The summed E-state index contributed by atoms with van der Waals surface area (Å²) in [5, 5.41) is 0. The molecule has 0 N–H and O–H groups in total. The molecule has 0 radical (unpaired) electrons. The Labute approximate surface area is 77.4 Å². The van der Waals surface area contributed by atoms with E-state index in [1.54, 1.807) is 12.4 Å². The first-order valence-corrected chi connectivity index (χ1v) is 4.36. The maximum Gasteiger partial charge on any atom is 0.106 e. The Morgan fingerprint density at radius 1 is 1.00 bits per heavy atom. The highest BCUT2D eigenvalue weighted by Crippen LogP contribution is 2.18. The van der Waals surface area contributed by atoms with Crippen LogP contribution in [-0.4, -0.2) is 14.5 Å². The molecule has 13 heavy (non-hydrogen) atoms. The van der Waals surface area contributed by atoms with Gasteiger partial charge in [0.2, 0.25) is 0 Å². The summed E-state index contributed by atoms with van der Waals surface area (Å²) in [5.41, 5.74) is 2.01. The van der Waals surface area contributed by atoms with Crippen molar-refractivity contribution in [3.05, 3.63) is 24.8 Å². The van der Waals surface area contributed by atoms with Crippen LogP contribution in [0.15, 0.2) is 24.8 Å². The first-order chi connectivity index (χ1) is 6.07. The van der Waals surface area contributed by atoms with Gasteiger partial charge in [-0.2, -0.15) is 0 Å². The molecule has 0 aliphatic rings. The van der Waals surface area contributed by atoms with Gasteiger partial charge in [-0.1, -0.05) is 0 Å². The van der Waals surface area contributed by atoms with Crippen LogP contribution in [0.1, 0.15) is 20.8 Å². The first kappa shape index (κ1) is 8.23. The van der Waals surface area contributed by atoms with Crippen molar-refractivity contribution in [3.8, 4) is 0 Å². The highest BCUT2D eigenvalue weighted by Gasteiger charge is 2.13. The second kappa shape index (κ2) is 2.55. The lowest BCUT2D eigenvalue weighted by molar-refractivity contribution is 0.399. The summed E-state index contributed by atoms with van der Waals surface area (Å²) in [7, 11) is 0. The van der Waals surface area contributed by atoms with Crippen LogP contribution in [0.2, 0.25) is 0 Å². The van der Waals surface area contributed by atoms with Gasteiger partial charge in [0.25, 0.3) is 0 Å². The van der Waals surface area contributed by atoms with Crippen molar-refractivity contribution in [1.82, 2.24) is 14.5 Å². The second-order valence-electron chi connectivity index (χ2n) is 4.16. The van der Waals surface area contributed by atoms with Crippen molar-refractivity contribution in [3.63, 3.8) is 0 Å². The maximum atomic E-state index is 4.23. The average molecular weight is 175 g/mol. The molecule has 3 heteroatoms. The highest BCUT2D eigenvalue weighted by atomic mass is 15.0. The molecule has 0 bridgehead atoms. The van der Waals surface area contributed by atoms with Crippen molar-refractivity contribution in [1.29, 1.82) is 0 Å². The summed E-state index contributed by atoms with van der Waals surface area (Å²) in [4.78, 5) is 8.46. The molecule has 68 valence electrons. The lowest BCUT2D eigenvalue weighted by Crippen LogP contribution is -2.19. The number of hydrogen-bond donors (Lipinski definition) is 0. The number of aromatic nitrogens is 3. The van der Waals surface area contributed by atoms with Gasteiger partial charge < -0.3 is 4.57 Å². The van der Waals surface area contributed by atoms with Gasteiger partial charge in [-0.3, -0.25) is 9.97 Å². The second-order valence-corrected chi connectivity index (χ2v) is 4.16. The zero-order chi connectivity index (χ0) is 9.47. The minimum atomic E-state index is 0.0996. The molecule has 0 fully saturated rings. The summed E-state index contributed by atoms with van der Waals surface area (Å²) in [5.74, 6) is 0. The van der Waals surface area contributed by atoms with Gasteiger partial charge in [-0.05, 0) is 20.8 Å². The Morgan fingerprint density at radius 3 is 1.85 bits per heavy atom. The smallest absolute Gasteiger partial charge is 0.106 e. The number of hydrogen-bond acceptors (Lipinski definition) is 2. The summed E-state index contributed by atoms with van der Waals surface area (Å²) < 4.78 is 2.14. The fourth-order valence-electron chi connectivity index (χ4n) is 1.25. The Balaban J connectivity index is 2.63. The minimum absolute atomic E-state index is 0.0996. The van der Waals surface area contributed by atoms with Crippen molar-refractivity contribution in [2.45, 2.75) is 26.3 Å². The van der Waals surface area contributed by atoms with E-state index >= 15 is 0 Å². The molecule has 2 heterocycles. The lowest BCUT2D eigenvalue weighted by Gasteiger charge is -2.20. The van der Waals surface area contributed by atoms with Crippen molar-refractivity contribution >= 4 is 11.0 Å². The molecule has 0 aliphatic carbocycles. The van der Waals surface area contributed by atoms with E-state index in [0.717, 1.165) is 11.0 Å². The van der Waals surface area contributed by atoms with E-state index in [-0.39, 0.29) is 5.54 Å². The van der Waals surface area contributed by atoms with E-state index in [1.165, 1.54) is 0 Å². The van der Waals surface area contributed by atoms with E-state index in [1.807, 2.05) is 12.4 Å². The van der Waals surface area contributed by atoms with E-state index in [0.29, 0.717) is 0 Å². The normalized spacial score (nSPS) is 12.2. The van der Waals surface area contributed by atoms with Gasteiger partial charge in [0, 0.05) is 30.3 Å². The van der Waals surface area contributed by atoms with Gasteiger partial charge in [-0.25, -0.2) is 0 Å². The monoisotopic (exact) mass is 175 g/mol. The number of rotatable bonds is 0. The third kappa shape index (κ3) is 1.41. The van der Waals surface area contributed by atoms with Crippen LogP contribution in [0.5, 0.6) is 0 Å². The molecule has 0 aliphatic heterocycles. The van der Waals surface area contributed by atoms with Crippen molar-refractivity contribution < 1.29 is 0 Å². The first-order valence-electron chi connectivity index (χ1n) is 4.36. The van der Waals surface area contributed by atoms with E-state index in [9.17, 15) is 0 Å². The summed E-state index contributed by atoms with van der Waals surface area (Å²) in [6.07, 6.45) is 7.50. The predicted octanol–water partition coefficient (Wildman–Crippen LogP) is 2.19. The third-order valence-corrected chi connectivity index (χ3v) is 2.05. The fourth-order valence-corrected chi connectivity index (χ4v) is 1.25. The highest BCUT2D eigenvalue weighted by molar-refractivity contribution is 5.73. The molecular weight excluding hydrogens is 162 g/mol. The Kier molecular flexibility index (Phi) is 1.62. The van der Waals surface area contributed by atoms with Crippen LogP contribution >= 0.6 is 0 Å². The molecule has 0 amide bonds. The molecule has 0 saturated carbocycles. The molecule has 0 spiro atoms. The summed E-state index contributed by atoms with van der Waals surface area (Å²) in [6, 6.07) is 0. The standard InChI is InChI=1S/C10H13N3/c1-10(2,3)13-6-8-9(7-13)12-5-4-11-8/h4-7H,1-3H3. The van der Waals surface area contributed by atoms with Gasteiger partial charge in [0.05, 0.1) is 0 Å². The van der Waals surface area contributed by atoms with Crippen LogP contribution in [0.4, 0.5) is 0 Å². The Hall–Kier alpha value is -1.38. The molecule has 0 saturated heterocycles. The fraction of sp³-hybridized carbons (Fsp3) is 0.400. The van der Waals surface area contributed by atoms with Crippen LogP contribution < -0.4 is 0 Å². The van der Waals surface area contributed by atoms with Gasteiger partial charge in [0.1, 0.15) is 11.0 Å². The third-order valence-electron chi connectivity index (χ3n) is 2.05. The molecule has 3 nitrogen and oxygen atoms in total. The number of nitrogens with zero attached hydrogens (tertiary/aromatic N) is 3. The number of fused-ring (bicyclic) bond motifs is 1. The van der Waals surface area contributed by atoms with Gasteiger partial charge in [0.15, 0.2) is 0 Å². The van der Waals surface area contributed by atoms with Gasteiger partial charge >= 0.3 is 0 Å². The molecule has 0 unspecified atom stereocenters. The van der Waals surface area contributed by atoms with Crippen LogP contribution in [-0.2, 0) is 5.54 Å². The predicted molar refractivity (Wildman–Crippen MR) is 52.5 cm³/mol. The summed E-state index contributed by atoms with van der Waals surface area (Å²) in [6.45, 7) is 6.48. The molecule has 0 aromatic carbocycles. The molecular formula is C10H13N3. The average Bonchev–Trinajstić information content (AvgIpc) is 2.45. The van der Waals surface area contributed by atoms with E-state index < -0.39 is 0 Å². The van der Waals surface area contributed by atoms with Crippen LogP contribution in [0.3, 0.4) is 0 Å². The SMILES string of the molecule is CC(C)(C)n1cc2nccnc2c1. The molecule has 2 aromatic rings. The van der Waals surface area contributed by atoms with Crippen LogP contribution in [0, 0.1) is 0 Å². The maximum absolute atomic E-state index is 4.23. The van der Waals surface area contributed by atoms with E-state index in [2.05, 4.69) is 35.3 Å². The largest absolute Gasteiger partial charge is 0.345 e. The topological polar surface area (TPSA) is 30.7 Å². The molecule has 2 rings (SSSR count). The Bertz CT molecular complexity index is 390. The minimum Gasteiger partial charge on any atom is -0.345 e.